The number of pyridine rings is 1. The Labute approximate surface area is 139 Å². The van der Waals surface area contributed by atoms with Gasteiger partial charge in [-0.05, 0) is 19.1 Å². The van der Waals surface area contributed by atoms with Crippen molar-refractivity contribution >= 4 is 11.7 Å². The van der Waals surface area contributed by atoms with Gasteiger partial charge in [0.25, 0.3) is 5.88 Å². The number of ether oxygens (including phenoxy) is 4. The summed E-state index contributed by atoms with van der Waals surface area (Å²) in [6.45, 7) is 5.84. The van der Waals surface area contributed by atoms with Gasteiger partial charge in [-0.1, -0.05) is 0 Å². The van der Waals surface area contributed by atoms with Crippen molar-refractivity contribution in [3.8, 4) is 17.1 Å². The van der Waals surface area contributed by atoms with Crippen LogP contribution < -0.4 is 4.74 Å². The van der Waals surface area contributed by atoms with E-state index in [1.165, 1.54) is 0 Å². The minimum atomic E-state index is 0.414. The molecule has 126 valence electrons. The molecular weight excluding hydrogens is 318 g/mol. The van der Waals surface area contributed by atoms with Crippen LogP contribution in [0.2, 0.25) is 0 Å². The normalized spacial score (nSPS) is 10.8. The number of aromatic nitrogens is 3. The SMILES string of the molecule is CCOCCOCCOCCOc1nsnc1-c1cccnc1. The molecule has 7 nitrogen and oxygen atoms in total. The smallest absolute Gasteiger partial charge is 0.254 e. The molecule has 0 aliphatic heterocycles. The van der Waals surface area contributed by atoms with E-state index in [9.17, 15) is 0 Å². The van der Waals surface area contributed by atoms with Gasteiger partial charge < -0.3 is 18.9 Å². The van der Waals surface area contributed by atoms with Crippen molar-refractivity contribution < 1.29 is 18.9 Å². The van der Waals surface area contributed by atoms with Crippen molar-refractivity contribution in [2.45, 2.75) is 6.92 Å². The molecule has 23 heavy (non-hydrogen) atoms. The van der Waals surface area contributed by atoms with E-state index in [-0.39, 0.29) is 0 Å². The molecule has 0 aliphatic carbocycles. The monoisotopic (exact) mass is 339 g/mol. The molecular formula is C15H21N3O4S. The Morgan fingerprint density at radius 3 is 2.39 bits per heavy atom. The summed E-state index contributed by atoms with van der Waals surface area (Å²) in [7, 11) is 0. The molecule has 0 aromatic carbocycles. The summed E-state index contributed by atoms with van der Waals surface area (Å²) in [4.78, 5) is 4.07. The summed E-state index contributed by atoms with van der Waals surface area (Å²) >= 11 is 1.12. The average molecular weight is 339 g/mol. The van der Waals surface area contributed by atoms with Crippen molar-refractivity contribution in [1.82, 2.24) is 13.7 Å². The second-order valence-electron chi connectivity index (χ2n) is 4.43. The minimum Gasteiger partial charge on any atom is -0.473 e. The highest BCUT2D eigenvalue weighted by Crippen LogP contribution is 2.26. The van der Waals surface area contributed by atoms with Crippen LogP contribution in [0.5, 0.6) is 5.88 Å². The lowest BCUT2D eigenvalue weighted by atomic mass is 10.2. The fourth-order valence-electron chi connectivity index (χ4n) is 1.74. The summed E-state index contributed by atoms with van der Waals surface area (Å²) in [5.74, 6) is 0.513. The van der Waals surface area contributed by atoms with Crippen LogP contribution in [-0.4, -0.2) is 60.0 Å². The molecule has 0 radical (unpaired) electrons. The molecule has 2 heterocycles. The zero-order valence-corrected chi connectivity index (χ0v) is 14.0. The highest BCUT2D eigenvalue weighted by atomic mass is 32.1. The number of rotatable bonds is 12. The Balaban J connectivity index is 1.58. The van der Waals surface area contributed by atoms with Gasteiger partial charge in [0.2, 0.25) is 0 Å². The number of hydrogen-bond acceptors (Lipinski definition) is 8. The Hall–Kier alpha value is -1.61. The maximum Gasteiger partial charge on any atom is 0.254 e. The lowest BCUT2D eigenvalue weighted by Crippen LogP contribution is -2.13. The molecule has 0 spiro atoms. The second kappa shape index (κ2) is 11.0. The lowest BCUT2D eigenvalue weighted by molar-refractivity contribution is 0.0112. The Morgan fingerprint density at radius 2 is 1.70 bits per heavy atom. The number of nitrogens with zero attached hydrogens (tertiary/aromatic N) is 3. The maximum atomic E-state index is 5.61. The largest absolute Gasteiger partial charge is 0.473 e. The minimum absolute atomic E-state index is 0.414. The highest BCUT2D eigenvalue weighted by molar-refractivity contribution is 6.99. The fourth-order valence-corrected chi connectivity index (χ4v) is 2.26. The van der Waals surface area contributed by atoms with Gasteiger partial charge in [-0.3, -0.25) is 4.98 Å². The first-order valence-electron chi connectivity index (χ1n) is 7.50. The third-order valence-corrected chi connectivity index (χ3v) is 3.32. The third kappa shape index (κ3) is 6.57. The van der Waals surface area contributed by atoms with Crippen molar-refractivity contribution in [3.05, 3.63) is 24.5 Å². The standard InChI is InChI=1S/C15H21N3O4S/c1-2-19-6-7-20-8-9-21-10-11-22-15-14(17-23-18-15)13-4-3-5-16-12-13/h3-5,12H,2,6-11H2,1H3. The predicted molar refractivity (Wildman–Crippen MR) is 86.8 cm³/mol. The van der Waals surface area contributed by atoms with Crippen LogP contribution >= 0.6 is 11.7 Å². The Bertz CT molecular complexity index is 539. The molecule has 2 aromatic rings. The first-order valence-corrected chi connectivity index (χ1v) is 8.24. The fraction of sp³-hybridized carbons (Fsp3) is 0.533. The van der Waals surface area contributed by atoms with E-state index in [1.807, 2.05) is 19.1 Å². The van der Waals surface area contributed by atoms with E-state index < -0.39 is 0 Å². The van der Waals surface area contributed by atoms with E-state index in [4.69, 9.17) is 18.9 Å². The van der Waals surface area contributed by atoms with Crippen LogP contribution in [0.25, 0.3) is 11.3 Å². The van der Waals surface area contributed by atoms with E-state index in [2.05, 4.69) is 13.7 Å². The summed E-state index contributed by atoms with van der Waals surface area (Å²) in [6, 6.07) is 3.78. The van der Waals surface area contributed by atoms with Crippen LogP contribution in [0.1, 0.15) is 6.92 Å². The van der Waals surface area contributed by atoms with Crippen molar-refractivity contribution in [2.24, 2.45) is 0 Å². The van der Waals surface area contributed by atoms with E-state index in [0.29, 0.717) is 57.8 Å². The molecule has 0 fully saturated rings. The predicted octanol–water partition coefficient (Wildman–Crippen LogP) is 2.05. The van der Waals surface area contributed by atoms with E-state index in [0.717, 1.165) is 17.3 Å². The quantitative estimate of drug-likeness (QED) is 0.548. The van der Waals surface area contributed by atoms with Crippen molar-refractivity contribution in [1.29, 1.82) is 0 Å². The molecule has 0 saturated heterocycles. The number of hydrogen-bond donors (Lipinski definition) is 0. The summed E-state index contributed by atoms with van der Waals surface area (Å²) in [5, 5.41) is 0. The van der Waals surface area contributed by atoms with Crippen LogP contribution in [0.15, 0.2) is 24.5 Å². The zero-order chi connectivity index (χ0) is 16.2. The van der Waals surface area contributed by atoms with E-state index >= 15 is 0 Å². The molecule has 0 saturated carbocycles. The van der Waals surface area contributed by atoms with Gasteiger partial charge in [0, 0.05) is 24.6 Å². The van der Waals surface area contributed by atoms with Crippen LogP contribution in [0, 0.1) is 0 Å². The summed E-state index contributed by atoms with van der Waals surface area (Å²) < 4.78 is 30.0. The van der Waals surface area contributed by atoms with Gasteiger partial charge in [0.1, 0.15) is 12.3 Å². The molecule has 0 N–H and O–H groups in total. The molecule has 2 aromatic heterocycles. The molecule has 0 bridgehead atoms. The van der Waals surface area contributed by atoms with E-state index in [1.54, 1.807) is 12.4 Å². The summed E-state index contributed by atoms with van der Waals surface area (Å²) in [5.41, 5.74) is 1.60. The Kier molecular flexibility index (Phi) is 8.49. The average Bonchev–Trinajstić information content (AvgIpc) is 3.06. The molecule has 0 aliphatic rings. The van der Waals surface area contributed by atoms with Crippen molar-refractivity contribution in [2.75, 3.05) is 46.2 Å². The van der Waals surface area contributed by atoms with Gasteiger partial charge in [0.15, 0.2) is 0 Å². The van der Waals surface area contributed by atoms with Gasteiger partial charge in [0.05, 0.1) is 44.8 Å². The van der Waals surface area contributed by atoms with Crippen LogP contribution in [0.4, 0.5) is 0 Å². The molecule has 0 unspecified atom stereocenters. The molecule has 8 heteroatoms. The van der Waals surface area contributed by atoms with Gasteiger partial charge >= 0.3 is 0 Å². The molecule has 0 atom stereocenters. The van der Waals surface area contributed by atoms with Crippen LogP contribution in [0.3, 0.4) is 0 Å². The van der Waals surface area contributed by atoms with Crippen LogP contribution in [-0.2, 0) is 14.2 Å². The second-order valence-corrected chi connectivity index (χ2v) is 4.96. The molecule has 0 amide bonds. The topological polar surface area (TPSA) is 75.6 Å². The zero-order valence-electron chi connectivity index (χ0n) is 13.1. The molecule has 2 rings (SSSR count). The van der Waals surface area contributed by atoms with Gasteiger partial charge in [-0.15, -0.1) is 4.37 Å². The van der Waals surface area contributed by atoms with Crippen molar-refractivity contribution in [3.63, 3.8) is 0 Å². The highest BCUT2D eigenvalue weighted by Gasteiger charge is 2.11. The van der Waals surface area contributed by atoms with Gasteiger partial charge in [-0.25, -0.2) is 0 Å². The first-order chi connectivity index (χ1) is 11.4. The Morgan fingerprint density at radius 1 is 0.957 bits per heavy atom. The maximum absolute atomic E-state index is 5.61. The lowest BCUT2D eigenvalue weighted by Gasteiger charge is -2.07. The van der Waals surface area contributed by atoms with Gasteiger partial charge in [-0.2, -0.15) is 4.37 Å². The third-order valence-electron chi connectivity index (χ3n) is 2.81. The summed E-state index contributed by atoms with van der Waals surface area (Å²) in [6.07, 6.45) is 3.45. The first kappa shape index (κ1) is 17.7.